The van der Waals surface area contributed by atoms with Crippen molar-refractivity contribution in [1.82, 2.24) is 9.88 Å². The van der Waals surface area contributed by atoms with Crippen LogP contribution in [0.15, 0.2) is 24.3 Å². The summed E-state index contributed by atoms with van der Waals surface area (Å²) in [5.41, 5.74) is 2.70. The van der Waals surface area contributed by atoms with Gasteiger partial charge < -0.3 is 9.72 Å². The van der Waals surface area contributed by atoms with E-state index in [9.17, 15) is 4.39 Å². The maximum atomic E-state index is 14.3. The SMILES string of the molecule is C[C@@H]1Cc2c([nH]c3ccccc23)CN1CC1(F)COC1. The van der Waals surface area contributed by atoms with Crippen LogP contribution in [0.1, 0.15) is 18.2 Å². The van der Waals surface area contributed by atoms with Crippen molar-refractivity contribution in [1.29, 1.82) is 0 Å². The van der Waals surface area contributed by atoms with Crippen molar-refractivity contribution in [3.8, 4) is 0 Å². The monoisotopic (exact) mass is 274 g/mol. The van der Waals surface area contributed by atoms with Gasteiger partial charge in [-0.15, -0.1) is 0 Å². The second-order valence-corrected chi connectivity index (χ2v) is 6.23. The molecule has 1 saturated heterocycles. The number of para-hydroxylation sites is 1. The maximum Gasteiger partial charge on any atom is 0.169 e. The summed E-state index contributed by atoms with van der Waals surface area (Å²) in [6, 6.07) is 8.78. The fourth-order valence-electron chi connectivity index (χ4n) is 3.40. The molecule has 3 nitrogen and oxygen atoms in total. The van der Waals surface area contributed by atoms with E-state index in [4.69, 9.17) is 4.74 Å². The molecule has 1 aromatic heterocycles. The van der Waals surface area contributed by atoms with Crippen LogP contribution in [0.25, 0.3) is 10.9 Å². The van der Waals surface area contributed by atoms with Gasteiger partial charge in [0.25, 0.3) is 0 Å². The van der Waals surface area contributed by atoms with Crippen LogP contribution in [0.5, 0.6) is 0 Å². The standard InChI is InChI=1S/C16H19FN2O/c1-11-6-13-12-4-2-3-5-14(12)18-15(13)7-19(11)8-16(17)9-20-10-16/h2-5,11,18H,6-10H2,1H3/t11-/m1/s1. The number of hydrogen-bond acceptors (Lipinski definition) is 2. The van der Waals surface area contributed by atoms with Gasteiger partial charge in [0.2, 0.25) is 0 Å². The Balaban J connectivity index is 1.64. The summed E-state index contributed by atoms with van der Waals surface area (Å²) < 4.78 is 19.3. The first-order chi connectivity index (χ1) is 9.65. The molecule has 4 heteroatoms. The predicted molar refractivity (Wildman–Crippen MR) is 76.5 cm³/mol. The minimum absolute atomic E-state index is 0.246. The summed E-state index contributed by atoms with van der Waals surface area (Å²) in [6.45, 7) is 3.96. The Morgan fingerprint density at radius 3 is 2.95 bits per heavy atom. The number of ether oxygens (including phenoxy) is 1. The normalized spacial score (nSPS) is 25.4. The highest BCUT2D eigenvalue weighted by atomic mass is 19.1. The number of fused-ring (bicyclic) bond motifs is 3. The quantitative estimate of drug-likeness (QED) is 0.912. The Morgan fingerprint density at radius 1 is 1.40 bits per heavy atom. The molecule has 0 radical (unpaired) electrons. The molecule has 0 unspecified atom stereocenters. The van der Waals surface area contributed by atoms with Crippen molar-refractivity contribution in [3.05, 3.63) is 35.5 Å². The molecule has 0 amide bonds. The maximum absolute atomic E-state index is 14.3. The molecule has 0 aliphatic carbocycles. The highest BCUT2D eigenvalue weighted by Crippen LogP contribution is 2.32. The zero-order valence-electron chi connectivity index (χ0n) is 11.7. The molecule has 1 N–H and O–H groups in total. The van der Waals surface area contributed by atoms with Gasteiger partial charge >= 0.3 is 0 Å². The van der Waals surface area contributed by atoms with Gasteiger partial charge in [0.1, 0.15) is 0 Å². The molecular weight excluding hydrogens is 255 g/mol. The summed E-state index contributed by atoms with van der Waals surface area (Å²) in [5.74, 6) is 0. The van der Waals surface area contributed by atoms with Crippen LogP contribution >= 0.6 is 0 Å². The third-order valence-corrected chi connectivity index (χ3v) is 4.59. The van der Waals surface area contributed by atoms with Gasteiger partial charge in [-0.2, -0.15) is 0 Å². The molecule has 106 valence electrons. The van der Waals surface area contributed by atoms with Crippen molar-refractivity contribution in [2.24, 2.45) is 0 Å². The van der Waals surface area contributed by atoms with Crippen LogP contribution in [0.3, 0.4) is 0 Å². The molecule has 2 aliphatic rings. The summed E-state index contributed by atoms with van der Waals surface area (Å²) in [4.78, 5) is 5.73. The van der Waals surface area contributed by atoms with Gasteiger partial charge in [-0.3, -0.25) is 4.90 Å². The highest BCUT2D eigenvalue weighted by Gasteiger charge is 2.42. The second kappa shape index (κ2) is 4.30. The van der Waals surface area contributed by atoms with Crippen molar-refractivity contribution in [2.45, 2.75) is 31.6 Å². The lowest BCUT2D eigenvalue weighted by atomic mass is 9.95. The minimum atomic E-state index is -1.14. The minimum Gasteiger partial charge on any atom is -0.375 e. The summed E-state index contributed by atoms with van der Waals surface area (Å²) in [7, 11) is 0. The predicted octanol–water partition coefficient (Wildman–Crippen LogP) is 2.65. The Labute approximate surface area is 117 Å². The first-order valence-corrected chi connectivity index (χ1v) is 7.24. The number of aromatic nitrogens is 1. The Kier molecular flexibility index (Phi) is 2.66. The van der Waals surface area contributed by atoms with Gasteiger partial charge in [-0.1, -0.05) is 18.2 Å². The Bertz CT molecular complexity index is 647. The van der Waals surface area contributed by atoms with Gasteiger partial charge in [0, 0.05) is 35.7 Å². The lowest BCUT2D eigenvalue weighted by Crippen LogP contribution is -2.56. The number of alkyl halides is 1. The number of H-pyrrole nitrogens is 1. The van der Waals surface area contributed by atoms with Crippen LogP contribution in [0.4, 0.5) is 4.39 Å². The fraction of sp³-hybridized carbons (Fsp3) is 0.500. The molecule has 1 fully saturated rings. The smallest absolute Gasteiger partial charge is 0.169 e. The molecule has 2 aliphatic heterocycles. The number of aromatic amines is 1. The van der Waals surface area contributed by atoms with Crippen LogP contribution < -0.4 is 0 Å². The van der Waals surface area contributed by atoms with E-state index in [1.165, 1.54) is 22.2 Å². The average molecular weight is 274 g/mol. The van der Waals surface area contributed by atoms with Crippen molar-refractivity contribution in [2.75, 3.05) is 19.8 Å². The summed E-state index contributed by atoms with van der Waals surface area (Å²) in [5, 5.41) is 1.32. The summed E-state index contributed by atoms with van der Waals surface area (Å²) in [6.07, 6.45) is 0.982. The molecular formula is C16H19FN2O. The van der Waals surface area contributed by atoms with Crippen molar-refractivity contribution >= 4 is 10.9 Å². The number of halogens is 1. The van der Waals surface area contributed by atoms with Crippen LogP contribution in [0.2, 0.25) is 0 Å². The number of benzene rings is 1. The first kappa shape index (κ1) is 12.4. The lowest BCUT2D eigenvalue weighted by molar-refractivity contribution is -0.145. The first-order valence-electron chi connectivity index (χ1n) is 7.24. The van der Waals surface area contributed by atoms with Gasteiger partial charge in [-0.05, 0) is 25.0 Å². The van der Waals surface area contributed by atoms with Crippen LogP contribution in [-0.4, -0.2) is 41.4 Å². The summed E-state index contributed by atoms with van der Waals surface area (Å²) >= 11 is 0. The van der Waals surface area contributed by atoms with Gasteiger partial charge in [0.05, 0.1) is 13.2 Å². The van der Waals surface area contributed by atoms with E-state index in [0.717, 1.165) is 13.0 Å². The lowest BCUT2D eigenvalue weighted by Gasteiger charge is -2.42. The van der Waals surface area contributed by atoms with E-state index in [0.29, 0.717) is 12.6 Å². The topological polar surface area (TPSA) is 28.3 Å². The molecule has 1 aromatic carbocycles. The molecule has 2 aromatic rings. The number of rotatable bonds is 2. The molecule has 1 atom stereocenters. The van der Waals surface area contributed by atoms with E-state index < -0.39 is 5.67 Å². The van der Waals surface area contributed by atoms with Gasteiger partial charge in [0.15, 0.2) is 5.67 Å². The molecule has 0 saturated carbocycles. The molecule has 0 bridgehead atoms. The Hall–Kier alpha value is -1.39. The number of nitrogens with one attached hydrogen (secondary N) is 1. The van der Waals surface area contributed by atoms with E-state index in [1.807, 2.05) is 6.07 Å². The van der Waals surface area contributed by atoms with E-state index in [-0.39, 0.29) is 13.2 Å². The second-order valence-electron chi connectivity index (χ2n) is 6.23. The Morgan fingerprint density at radius 2 is 2.20 bits per heavy atom. The third kappa shape index (κ3) is 1.86. The largest absolute Gasteiger partial charge is 0.375 e. The number of nitrogens with zero attached hydrogens (tertiary/aromatic N) is 1. The van der Waals surface area contributed by atoms with E-state index >= 15 is 0 Å². The molecule has 4 rings (SSSR count). The molecule has 0 spiro atoms. The van der Waals surface area contributed by atoms with Crippen molar-refractivity contribution in [3.63, 3.8) is 0 Å². The molecule has 20 heavy (non-hydrogen) atoms. The number of hydrogen-bond donors (Lipinski definition) is 1. The zero-order valence-corrected chi connectivity index (χ0v) is 11.7. The highest BCUT2D eigenvalue weighted by molar-refractivity contribution is 5.84. The van der Waals surface area contributed by atoms with Crippen LogP contribution in [0, 0.1) is 0 Å². The van der Waals surface area contributed by atoms with E-state index in [2.05, 4.69) is 35.0 Å². The zero-order chi connectivity index (χ0) is 13.7. The van der Waals surface area contributed by atoms with Crippen LogP contribution in [-0.2, 0) is 17.7 Å². The molecule has 3 heterocycles. The van der Waals surface area contributed by atoms with Crippen molar-refractivity contribution < 1.29 is 9.13 Å². The average Bonchev–Trinajstić information content (AvgIpc) is 2.75. The van der Waals surface area contributed by atoms with Gasteiger partial charge in [-0.25, -0.2) is 4.39 Å². The third-order valence-electron chi connectivity index (χ3n) is 4.59. The van der Waals surface area contributed by atoms with E-state index in [1.54, 1.807) is 0 Å². The fourth-order valence-corrected chi connectivity index (χ4v) is 3.40.